The Balaban J connectivity index is 1.83. The van der Waals surface area contributed by atoms with Gasteiger partial charge in [0.1, 0.15) is 0 Å². The second-order valence-corrected chi connectivity index (χ2v) is 8.28. The van der Waals surface area contributed by atoms with Crippen molar-refractivity contribution >= 4 is 28.5 Å². The number of alkyl halides is 3. The molecule has 0 spiro atoms. The summed E-state index contributed by atoms with van der Waals surface area (Å²) in [5.74, 6) is -1.38. The predicted molar refractivity (Wildman–Crippen MR) is 116 cm³/mol. The van der Waals surface area contributed by atoms with Crippen LogP contribution in [-0.2, 0) is 17.5 Å². The molecule has 1 aromatic heterocycles. The molecule has 0 radical (unpaired) electrons. The van der Waals surface area contributed by atoms with Crippen LogP contribution in [0.25, 0.3) is 22.2 Å². The van der Waals surface area contributed by atoms with Gasteiger partial charge in [-0.05, 0) is 56.2 Å². The number of hydrogen-bond donors (Lipinski definition) is 1. The van der Waals surface area contributed by atoms with Gasteiger partial charge in [0.05, 0.1) is 16.6 Å². The van der Waals surface area contributed by atoms with Gasteiger partial charge in [-0.25, -0.2) is 4.79 Å². The monoisotopic (exact) mass is 444 g/mol. The number of rotatable bonds is 4. The van der Waals surface area contributed by atoms with Gasteiger partial charge in [-0.1, -0.05) is 19.1 Å². The Morgan fingerprint density at radius 1 is 1.12 bits per heavy atom. The third-order valence-electron chi connectivity index (χ3n) is 6.10. The number of anilines is 1. The molecule has 0 aliphatic carbocycles. The van der Waals surface area contributed by atoms with E-state index in [1.54, 1.807) is 15.5 Å². The van der Waals surface area contributed by atoms with Gasteiger partial charge in [0.25, 0.3) is 0 Å². The first-order chi connectivity index (χ1) is 15.0. The van der Waals surface area contributed by atoms with Gasteiger partial charge >= 0.3 is 12.1 Å². The van der Waals surface area contributed by atoms with E-state index in [9.17, 15) is 27.9 Å². The van der Waals surface area contributed by atoms with Gasteiger partial charge in [-0.2, -0.15) is 13.2 Å². The van der Waals surface area contributed by atoms with Crippen molar-refractivity contribution < 1.29 is 27.9 Å². The van der Waals surface area contributed by atoms with E-state index in [1.807, 2.05) is 45.0 Å². The zero-order valence-electron chi connectivity index (χ0n) is 17.9. The maximum atomic E-state index is 13.3. The molecule has 0 bridgehead atoms. The summed E-state index contributed by atoms with van der Waals surface area (Å²) in [5, 5.41) is 9.80. The zero-order valence-corrected chi connectivity index (χ0v) is 17.9. The highest BCUT2D eigenvalue weighted by Crippen LogP contribution is 2.38. The molecule has 2 aromatic carbocycles. The smallest absolute Gasteiger partial charge is 0.416 e. The van der Waals surface area contributed by atoms with Gasteiger partial charge in [0.15, 0.2) is 0 Å². The van der Waals surface area contributed by atoms with Crippen LogP contribution >= 0.6 is 0 Å². The lowest BCUT2D eigenvalue weighted by Crippen LogP contribution is -2.31. The maximum absolute atomic E-state index is 13.3. The fourth-order valence-electron chi connectivity index (χ4n) is 4.66. The third-order valence-corrected chi connectivity index (χ3v) is 6.10. The van der Waals surface area contributed by atoms with Gasteiger partial charge in [-0.15, -0.1) is 0 Å². The van der Waals surface area contributed by atoms with Crippen molar-refractivity contribution in [2.45, 2.75) is 46.0 Å². The van der Waals surface area contributed by atoms with Crippen LogP contribution in [-0.4, -0.2) is 27.6 Å². The Morgan fingerprint density at radius 3 is 2.28 bits per heavy atom. The average molecular weight is 444 g/mol. The van der Waals surface area contributed by atoms with Crippen molar-refractivity contribution in [1.29, 1.82) is 0 Å². The second kappa shape index (κ2) is 7.69. The third kappa shape index (κ3) is 3.53. The van der Waals surface area contributed by atoms with Crippen molar-refractivity contribution in [2.75, 3.05) is 4.90 Å². The largest absolute Gasteiger partial charge is 0.478 e. The van der Waals surface area contributed by atoms with E-state index in [4.69, 9.17) is 0 Å². The van der Waals surface area contributed by atoms with Crippen molar-refractivity contribution in [3.8, 4) is 11.3 Å². The number of hydrogen-bond acceptors (Lipinski definition) is 2. The highest BCUT2D eigenvalue weighted by Gasteiger charge is 2.35. The molecule has 2 heterocycles. The number of carboxylic acid groups (broad SMARTS) is 1. The first-order valence-corrected chi connectivity index (χ1v) is 10.4. The Hall–Kier alpha value is -3.29. The number of fused-ring (bicyclic) bond motifs is 1. The Bertz CT molecular complexity index is 1210. The summed E-state index contributed by atoms with van der Waals surface area (Å²) in [5.41, 5.74) is 0.983. The van der Waals surface area contributed by atoms with E-state index in [-0.39, 0.29) is 34.3 Å². The molecule has 1 amide bonds. The number of benzene rings is 2. The molecule has 5 nitrogen and oxygen atoms in total. The van der Waals surface area contributed by atoms with Crippen LogP contribution in [0, 0.1) is 5.92 Å². The fraction of sp³-hybridized carbons (Fsp3) is 0.333. The maximum Gasteiger partial charge on any atom is 0.416 e. The van der Waals surface area contributed by atoms with E-state index < -0.39 is 17.7 Å². The summed E-state index contributed by atoms with van der Waals surface area (Å²) in [7, 11) is 0. The van der Waals surface area contributed by atoms with E-state index in [2.05, 4.69) is 0 Å². The molecule has 0 saturated carbocycles. The molecule has 1 aliphatic rings. The molecule has 32 heavy (non-hydrogen) atoms. The summed E-state index contributed by atoms with van der Waals surface area (Å²) >= 11 is 0. The number of aryl methyl sites for hydroxylation is 1. The van der Waals surface area contributed by atoms with E-state index >= 15 is 0 Å². The lowest BCUT2D eigenvalue weighted by molar-refractivity contribution is -0.137. The summed E-state index contributed by atoms with van der Waals surface area (Å²) in [4.78, 5) is 26.0. The number of carbonyl (C=O) groups is 2. The predicted octanol–water partition coefficient (Wildman–Crippen LogP) is 5.81. The normalized spacial score (nSPS) is 19.2. The highest BCUT2D eigenvalue weighted by atomic mass is 19.4. The molecule has 2 atom stereocenters. The van der Waals surface area contributed by atoms with Crippen molar-refractivity contribution in [1.82, 2.24) is 4.57 Å². The molecule has 168 valence electrons. The molecular formula is C24H23F3N2O3. The molecule has 8 heteroatoms. The number of carboxylic acids is 1. The fourth-order valence-corrected chi connectivity index (χ4v) is 4.66. The van der Waals surface area contributed by atoms with Crippen LogP contribution in [0.5, 0.6) is 0 Å². The number of aromatic nitrogens is 1. The zero-order chi connectivity index (χ0) is 23.4. The van der Waals surface area contributed by atoms with Crippen LogP contribution in [0.15, 0.2) is 42.5 Å². The van der Waals surface area contributed by atoms with Crippen LogP contribution in [0.3, 0.4) is 0 Å². The Morgan fingerprint density at radius 2 is 1.78 bits per heavy atom. The average Bonchev–Trinajstić information content (AvgIpc) is 3.22. The van der Waals surface area contributed by atoms with Gasteiger partial charge < -0.3 is 14.6 Å². The second-order valence-electron chi connectivity index (χ2n) is 8.28. The molecule has 1 N–H and O–H groups in total. The molecule has 3 aromatic rings. The summed E-state index contributed by atoms with van der Waals surface area (Å²) < 4.78 is 41.7. The van der Waals surface area contributed by atoms with Crippen molar-refractivity contribution in [3.05, 3.63) is 53.6 Å². The van der Waals surface area contributed by atoms with Crippen LogP contribution in [0.4, 0.5) is 18.9 Å². The quantitative estimate of drug-likeness (QED) is 0.553. The lowest BCUT2D eigenvalue weighted by atomic mass is 10.1. The highest BCUT2D eigenvalue weighted by molar-refractivity contribution is 6.04. The standard InChI is InChI=1S/C24H23F3N2O3/c1-4-28-20(11-16-10-17(24(25,26)27)12-19(21(16)28)23(31)32)15-5-7-18(8-6-15)29-14(3)9-13(2)22(29)30/h5-8,10-14H,4,9H2,1-3H3,(H,31,32). The molecule has 1 fully saturated rings. The van der Waals surface area contributed by atoms with Crippen LogP contribution in [0.1, 0.15) is 43.1 Å². The molecule has 1 saturated heterocycles. The Labute approximate surface area is 183 Å². The van der Waals surface area contributed by atoms with Gasteiger partial charge in [0.2, 0.25) is 5.91 Å². The number of nitrogens with zero attached hydrogens (tertiary/aromatic N) is 2. The lowest BCUT2D eigenvalue weighted by Gasteiger charge is -2.22. The van der Waals surface area contributed by atoms with Crippen LogP contribution < -0.4 is 4.90 Å². The SMILES string of the molecule is CCn1c(-c2ccc(N3C(=O)C(C)CC3C)cc2)cc2cc(C(F)(F)F)cc(C(=O)O)c21. The number of amides is 1. The number of aromatic carboxylic acids is 1. The summed E-state index contributed by atoms with van der Waals surface area (Å²) in [6.45, 7) is 6.09. The molecule has 4 rings (SSSR count). The summed E-state index contributed by atoms with van der Waals surface area (Å²) in [6, 6.07) is 10.6. The minimum Gasteiger partial charge on any atom is -0.478 e. The summed E-state index contributed by atoms with van der Waals surface area (Å²) in [6.07, 6.45) is -3.87. The Kier molecular flexibility index (Phi) is 5.27. The van der Waals surface area contributed by atoms with E-state index in [0.717, 1.165) is 23.7 Å². The van der Waals surface area contributed by atoms with Gasteiger partial charge in [-0.3, -0.25) is 4.79 Å². The number of halogens is 3. The van der Waals surface area contributed by atoms with E-state index in [1.165, 1.54) is 0 Å². The van der Waals surface area contributed by atoms with Crippen LogP contribution in [0.2, 0.25) is 0 Å². The first-order valence-electron chi connectivity index (χ1n) is 10.4. The van der Waals surface area contributed by atoms with Crippen molar-refractivity contribution in [3.63, 3.8) is 0 Å². The van der Waals surface area contributed by atoms with Crippen molar-refractivity contribution in [2.24, 2.45) is 5.92 Å². The number of carbonyl (C=O) groups excluding carboxylic acids is 1. The van der Waals surface area contributed by atoms with Gasteiger partial charge in [0, 0.05) is 35.3 Å². The molecule has 1 aliphatic heterocycles. The molecule has 2 unspecified atom stereocenters. The first kappa shape index (κ1) is 21.9. The minimum absolute atomic E-state index is 0.0374. The molecular weight excluding hydrogens is 421 g/mol. The minimum atomic E-state index is -4.65. The van der Waals surface area contributed by atoms with E-state index in [0.29, 0.717) is 18.3 Å². The topological polar surface area (TPSA) is 62.5 Å².